The predicted molar refractivity (Wildman–Crippen MR) is 123 cm³/mol. The van der Waals surface area contributed by atoms with E-state index >= 15 is 0 Å². The maximum absolute atomic E-state index is 13.6. The Hall–Kier alpha value is -1.63. The lowest BCUT2D eigenvalue weighted by atomic mass is 10.1. The molecule has 1 aliphatic rings. The number of para-hydroxylation sites is 1. The minimum absolute atomic E-state index is 0.0669. The molecule has 0 aromatic heterocycles. The minimum atomic E-state index is -1.30. The number of ether oxygens (including phenoxy) is 1. The van der Waals surface area contributed by atoms with Gasteiger partial charge in [0.2, 0.25) is 0 Å². The molecule has 162 valence electrons. The summed E-state index contributed by atoms with van der Waals surface area (Å²) in [4.78, 5) is 50.9. The third kappa shape index (κ3) is 4.48. The first-order chi connectivity index (χ1) is 14.6. The van der Waals surface area contributed by atoms with Crippen molar-refractivity contribution in [3.05, 3.63) is 59.1 Å². The van der Waals surface area contributed by atoms with Gasteiger partial charge in [0.05, 0.1) is 16.8 Å². The molecule has 1 atom stereocenters. The predicted octanol–water partition coefficient (Wildman–Crippen LogP) is 5.04. The molecule has 12 heteroatoms. The van der Waals surface area contributed by atoms with Gasteiger partial charge >= 0.3 is 5.97 Å². The molecule has 2 aromatic rings. The second-order valence-corrected chi connectivity index (χ2v) is 9.47. The van der Waals surface area contributed by atoms with E-state index in [1.54, 1.807) is 0 Å². The van der Waals surface area contributed by atoms with Crippen molar-refractivity contribution in [2.75, 3.05) is 11.9 Å². The molecule has 0 spiro atoms. The van der Waals surface area contributed by atoms with E-state index < -0.39 is 42.2 Å². The highest BCUT2D eigenvalue weighted by Gasteiger charge is 2.45. The summed E-state index contributed by atoms with van der Waals surface area (Å²) in [5.74, 6) is -3.77. The summed E-state index contributed by atoms with van der Waals surface area (Å²) in [7, 11) is 0. The van der Waals surface area contributed by atoms with E-state index in [1.807, 2.05) is 0 Å². The second kappa shape index (κ2) is 9.47. The Morgan fingerprint density at radius 2 is 1.52 bits per heavy atom. The number of fused-ring (bicyclic) bond motifs is 1. The van der Waals surface area contributed by atoms with Crippen molar-refractivity contribution in [1.29, 1.82) is 0 Å². The Morgan fingerprint density at radius 3 is 2.03 bits per heavy atom. The van der Waals surface area contributed by atoms with Gasteiger partial charge < -0.3 is 10.1 Å². The summed E-state index contributed by atoms with van der Waals surface area (Å²) in [6, 6.07) is 4.20. The number of hydrogen-bond donors (Lipinski definition) is 1. The van der Waals surface area contributed by atoms with Gasteiger partial charge in [-0.05, 0) is 82.8 Å². The number of benzene rings is 2. The molecule has 3 amide bonds. The zero-order valence-electron chi connectivity index (χ0n) is 15.5. The zero-order valence-corrected chi connectivity index (χ0v) is 21.8. The normalized spacial score (nSPS) is 13.8. The molecule has 7 nitrogen and oxygen atoms in total. The maximum Gasteiger partial charge on any atom is 0.329 e. The van der Waals surface area contributed by atoms with Gasteiger partial charge in [0.1, 0.15) is 11.9 Å². The largest absolute Gasteiger partial charge is 0.454 e. The van der Waals surface area contributed by atoms with Crippen LogP contribution in [0.3, 0.4) is 0 Å². The van der Waals surface area contributed by atoms with Crippen LogP contribution in [0.4, 0.5) is 10.1 Å². The van der Waals surface area contributed by atoms with Crippen molar-refractivity contribution in [2.24, 2.45) is 0 Å². The number of esters is 1. The first-order valence-electron chi connectivity index (χ1n) is 8.51. The summed E-state index contributed by atoms with van der Waals surface area (Å²) >= 11 is 13.2. The van der Waals surface area contributed by atoms with Crippen molar-refractivity contribution >= 4 is 93.1 Å². The van der Waals surface area contributed by atoms with Crippen LogP contribution in [0, 0.1) is 5.82 Å². The number of anilines is 1. The first-order valence-corrected chi connectivity index (χ1v) is 11.7. The smallest absolute Gasteiger partial charge is 0.329 e. The molecule has 0 saturated carbocycles. The molecular weight excluding hydrogens is 675 g/mol. The van der Waals surface area contributed by atoms with Gasteiger partial charge in [0.25, 0.3) is 17.7 Å². The number of rotatable bonds is 5. The third-order valence-corrected chi connectivity index (χ3v) is 9.12. The highest BCUT2D eigenvalue weighted by molar-refractivity contribution is 9.15. The lowest BCUT2D eigenvalue weighted by Gasteiger charge is -2.20. The van der Waals surface area contributed by atoms with Crippen molar-refractivity contribution in [3.8, 4) is 0 Å². The number of carbonyl (C=O) groups excluding carboxylic acids is 4. The molecule has 31 heavy (non-hydrogen) atoms. The number of imide groups is 1. The number of halogens is 5. The Morgan fingerprint density at radius 1 is 1.00 bits per heavy atom. The number of nitrogens with one attached hydrogen (secondary N) is 1. The molecule has 0 saturated heterocycles. The molecule has 1 heterocycles. The van der Waals surface area contributed by atoms with E-state index in [0.717, 1.165) is 4.90 Å². The average Bonchev–Trinajstić information content (AvgIpc) is 3.00. The van der Waals surface area contributed by atoms with Crippen LogP contribution in [-0.2, 0) is 14.3 Å². The van der Waals surface area contributed by atoms with Crippen molar-refractivity contribution in [1.82, 2.24) is 4.90 Å². The van der Waals surface area contributed by atoms with Crippen molar-refractivity contribution in [2.45, 2.75) is 13.0 Å². The zero-order chi connectivity index (χ0) is 23.0. The van der Waals surface area contributed by atoms with Gasteiger partial charge in [-0.3, -0.25) is 19.3 Å². The van der Waals surface area contributed by atoms with Gasteiger partial charge in [-0.2, -0.15) is 0 Å². The fraction of sp³-hybridized carbons (Fsp3) is 0.158. The average molecular weight is 686 g/mol. The molecule has 1 N–H and O–H groups in total. The second-order valence-electron chi connectivity index (χ2n) is 6.30. The Labute approximate surface area is 209 Å². The molecule has 0 aliphatic carbocycles. The minimum Gasteiger partial charge on any atom is -0.454 e. The number of nitrogens with zero attached hydrogens (tertiary/aromatic N) is 1. The highest BCUT2D eigenvalue weighted by atomic mass is 79.9. The molecule has 0 fully saturated rings. The van der Waals surface area contributed by atoms with Gasteiger partial charge in [-0.25, -0.2) is 9.18 Å². The summed E-state index contributed by atoms with van der Waals surface area (Å²) in [5, 5.41) is 2.27. The molecule has 1 unspecified atom stereocenters. The summed E-state index contributed by atoms with van der Waals surface area (Å²) < 4.78 is 20.3. The first kappa shape index (κ1) is 24.0. The van der Waals surface area contributed by atoms with Crippen LogP contribution < -0.4 is 5.32 Å². The summed E-state index contributed by atoms with van der Waals surface area (Å²) in [6.07, 6.45) is 0. The Balaban J connectivity index is 1.73. The van der Waals surface area contributed by atoms with Crippen LogP contribution in [0.25, 0.3) is 0 Å². The highest BCUT2D eigenvalue weighted by Crippen LogP contribution is 2.45. The molecular formula is C19H11Br4FN2O5. The van der Waals surface area contributed by atoms with E-state index in [-0.39, 0.29) is 16.8 Å². The molecule has 3 rings (SSSR count). The van der Waals surface area contributed by atoms with Crippen LogP contribution >= 0.6 is 63.7 Å². The van der Waals surface area contributed by atoms with Gasteiger partial charge in [-0.15, -0.1) is 0 Å². The lowest BCUT2D eigenvalue weighted by Crippen LogP contribution is -2.44. The molecule has 2 aromatic carbocycles. The Bertz CT molecular complexity index is 1090. The quantitative estimate of drug-likeness (QED) is 0.206. The molecule has 1 aliphatic heterocycles. The van der Waals surface area contributed by atoms with Crippen LogP contribution in [0.15, 0.2) is 42.2 Å². The van der Waals surface area contributed by atoms with E-state index in [0.29, 0.717) is 17.9 Å². The van der Waals surface area contributed by atoms with Crippen molar-refractivity contribution in [3.63, 3.8) is 0 Å². The number of carbonyl (C=O) groups is 4. The van der Waals surface area contributed by atoms with Gasteiger partial charge in [0.15, 0.2) is 6.61 Å². The van der Waals surface area contributed by atoms with Gasteiger partial charge in [0, 0.05) is 17.9 Å². The van der Waals surface area contributed by atoms with Crippen molar-refractivity contribution < 1.29 is 28.3 Å². The third-order valence-electron chi connectivity index (χ3n) is 4.35. The van der Waals surface area contributed by atoms with Crippen LogP contribution in [0.5, 0.6) is 0 Å². The molecule has 0 radical (unpaired) electrons. The molecule has 0 bridgehead atoms. The van der Waals surface area contributed by atoms with E-state index in [4.69, 9.17) is 4.74 Å². The standard InChI is InChI=1S/C19H11Br4FN2O5/c1-7(19(30)31-6-10(27)25-9-5-3-2-4-8(9)24)26-17(28)11-12(18(26)29)14(21)16(23)15(22)13(11)20/h2-5,7H,6H2,1H3,(H,25,27). The van der Waals surface area contributed by atoms with Crippen LogP contribution in [0.1, 0.15) is 27.6 Å². The fourth-order valence-corrected chi connectivity index (χ4v) is 5.29. The number of hydrogen-bond acceptors (Lipinski definition) is 5. The monoisotopic (exact) mass is 682 g/mol. The SMILES string of the molecule is CC(C(=O)OCC(=O)Nc1ccccc1F)N1C(=O)c2c(Br)c(Br)c(Br)c(Br)c2C1=O. The summed E-state index contributed by atoms with van der Waals surface area (Å²) in [6.45, 7) is 0.593. The van der Waals surface area contributed by atoms with E-state index in [2.05, 4.69) is 69.0 Å². The lowest BCUT2D eigenvalue weighted by molar-refractivity contribution is -0.150. The van der Waals surface area contributed by atoms with Crippen LogP contribution in [-0.4, -0.2) is 41.2 Å². The Kier molecular flexibility index (Phi) is 7.34. The topological polar surface area (TPSA) is 92.8 Å². The maximum atomic E-state index is 13.6. The summed E-state index contributed by atoms with van der Waals surface area (Å²) in [5.41, 5.74) is 0.107. The van der Waals surface area contributed by atoms with E-state index in [9.17, 15) is 23.6 Å². The fourth-order valence-electron chi connectivity index (χ4n) is 2.83. The van der Waals surface area contributed by atoms with Crippen LogP contribution in [0.2, 0.25) is 0 Å². The van der Waals surface area contributed by atoms with Gasteiger partial charge in [-0.1, -0.05) is 12.1 Å². The number of amides is 3. The van der Waals surface area contributed by atoms with E-state index in [1.165, 1.54) is 31.2 Å².